The second kappa shape index (κ2) is 15.6. The van der Waals surface area contributed by atoms with Gasteiger partial charge in [0.2, 0.25) is 0 Å². The minimum absolute atomic E-state index is 0.248. The smallest absolute Gasteiger partial charge is 0.337 e. The van der Waals surface area contributed by atoms with Gasteiger partial charge in [-0.25, -0.2) is 22.4 Å². The van der Waals surface area contributed by atoms with Crippen molar-refractivity contribution in [3.05, 3.63) is 129 Å². The molecular weight excluding hydrogens is 588 g/mol. The van der Waals surface area contributed by atoms with Crippen LogP contribution in [0.5, 0.6) is 0 Å². The number of benzene rings is 2. The molecule has 2 N–H and O–H groups in total. The van der Waals surface area contributed by atoms with Gasteiger partial charge >= 0.3 is 5.97 Å². The lowest BCUT2D eigenvalue weighted by Gasteiger charge is -2.19. The number of rotatable bonds is 9. The van der Waals surface area contributed by atoms with E-state index in [1.54, 1.807) is 26.0 Å². The van der Waals surface area contributed by atoms with E-state index in [4.69, 9.17) is 11.6 Å². The van der Waals surface area contributed by atoms with Crippen molar-refractivity contribution in [1.29, 1.82) is 0 Å². The third-order valence-corrected chi connectivity index (χ3v) is 6.82. The first-order valence-corrected chi connectivity index (χ1v) is 13.7. The average Bonchev–Trinajstić information content (AvgIpc) is 2.95. The van der Waals surface area contributed by atoms with E-state index < -0.39 is 41.4 Å². The summed E-state index contributed by atoms with van der Waals surface area (Å²) in [6, 6.07) is 12.7. The Labute approximate surface area is 252 Å². The Morgan fingerprint density at radius 3 is 1.58 bits per heavy atom. The Hall–Kier alpha value is -3.86. The molecule has 2 heterocycles. The first-order chi connectivity index (χ1) is 20.4. The van der Waals surface area contributed by atoms with E-state index in [1.807, 2.05) is 0 Å². The van der Waals surface area contributed by atoms with Crippen LogP contribution in [0.15, 0.2) is 73.1 Å². The molecule has 0 amide bonds. The lowest BCUT2D eigenvalue weighted by atomic mass is 9.93. The number of hydrogen-bond acceptors (Lipinski definition) is 6. The number of nitrogens with zero attached hydrogens (tertiary/aromatic N) is 2. The largest absolute Gasteiger partial charge is 0.465 e. The molecule has 6 nitrogen and oxygen atoms in total. The van der Waals surface area contributed by atoms with Crippen LogP contribution < -0.4 is 0 Å². The van der Waals surface area contributed by atoms with Gasteiger partial charge in [0.1, 0.15) is 23.3 Å². The monoisotopic (exact) mass is 618 g/mol. The number of aliphatic hydroxyl groups is 2. The van der Waals surface area contributed by atoms with Crippen LogP contribution in [0.4, 0.5) is 17.6 Å². The van der Waals surface area contributed by atoms with Crippen LogP contribution in [0.2, 0.25) is 5.02 Å². The second-order valence-electron chi connectivity index (χ2n) is 10.2. The third kappa shape index (κ3) is 10.1. The van der Waals surface area contributed by atoms with E-state index in [0.717, 1.165) is 12.1 Å². The van der Waals surface area contributed by atoms with Gasteiger partial charge in [0.05, 0.1) is 36.3 Å². The van der Waals surface area contributed by atoms with Crippen molar-refractivity contribution in [2.24, 2.45) is 11.8 Å². The van der Waals surface area contributed by atoms with Gasteiger partial charge in [-0.3, -0.25) is 9.97 Å². The standard InChI is InChI=1S/C17H17F2NO3.C15H14ClF2NO/c1-10(5-11-6-13(18)9-14(19)7-11)16(21)15-8-12(3-4-20-15)17(22)23-2;1-9(4-10-5-12(17)8-13(18)6-10)15(20)14-7-11(16)2-3-19-14/h3-4,6-10,16,21H,5H2,1-2H3;2-3,5-9,15,20H,4H2,1H3/t10-,16-;9-,15-/m00/s1. The van der Waals surface area contributed by atoms with Gasteiger partial charge in [-0.05, 0) is 84.3 Å². The molecule has 0 radical (unpaired) electrons. The van der Waals surface area contributed by atoms with Crippen LogP contribution in [-0.4, -0.2) is 33.3 Å². The van der Waals surface area contributed by atoms with Gasteiger partial charge in [-0.1, -0.05) is 25.4 Å². The van der Waals surface area contributed by atoms with Crippen LogP contribution in [-0.2, 0) is 17.6 Å². The van der Waals surface area contributed by atoms with Crippen LogP contribution in [0.25, 0.3) is 0 Å². The Kier molecular flexibility index (Phi) is 12.2. The Morgan fingerprint density at radius 2 is 1.16 bits per heavy atom. The topological polar surface area (TPSA) is 92.5 Å². The minimum atomic E-state index is -0.981. The lowest BCUT2D eigenvalue weighted by Crippen LogP contribution is -2.14. The molecule has 0 spiro atoms. The highest BCUT2D eigenvalue weighted by molar-refractivity contribution is 6.30. The normalized spacial score (nSPS) is 13.7. The summed E-state index contributed by atoms with van der Waals surface area (Å²) in [6.07, 6.45) is 1.68. The molecule has 4 rings (SSSR count). The molecule has 0 aliphatic rings. The SMILES string of the molecule is COC(=O)c1ccnc([C@@H](O)[C@@H](C)Cc2cc(F)cc(F)c2)c1.C[C@@H](Cc1cc(F)cc(F)c1)[C@H](O)c1cc(Cl)ccn1. The number of aromatic nitrogens is 2. The number of aliphatic hydroxyl groups excluding tert-OH is 2. The van der Waals surface area contributed by atoms with Crippen molar-refractivity contribution >= 4 is 17.6 Å². The maximum Gasteiger partial charge on any atom is 0.337 e. The molecule has 11 heteroatoms. The fraction of sp³-hybridized carbons (Fsp3) is 0.281. The number of ether oxygens (including phenoxy) is 1. The predicted octanol–water partition coefficient (Wildman–Crippen LogP) is 6.98. The number of methoxy groups -OCH3 is 1. The summed E-state index contributed by atoms with van der Waals surface area (Å²) in [4.78, 5) is 19.6. The summed E-state index contributed by atoms with van der Waals surface area (Å²) in [7, 11) is 1.26. The second-order valence-corrected chi connectivity index (χ2v) is 10.6. The zero-order valence-electron chi connectivity index (χ0n) is 23.6. The summed E-state index contributed by atoms with van der Waals surface area (Å²) in [5.41, 5.74) is 1.97. The highest BCUT2D eigenvalue weighted by Crippen LogP contribution is 2.27. The Bertz CT molecular complexity index is 1500. The first kappa shape index (κ1) is 33.6. The predicted molar refractivity (Wildman–Crippen MR) is 153 cm³/mol. The Balaban J connectivity index is 0.000000238. The molecule has 4 aromatic rings. The van der Waals surface area contributed by atoms with Crippen LogP contribution in [0.1, 0.15) is 58.9 Å². The quantitative estimate of drug-likeness (QED) is 0.155. The van der Waals surface area contributed by atoms with Gasteiger partial charge in [-0.15, -0.1) is 0 Å². The summed E-state index contributed by atoms with van der Waals surface area (Å²) >= 11 is 5.85. The molecule has 0 bridgehead atoms. The van der Waals surface area contributed by atoms with Gasteiger partial charge in [0.25, 0.3) is 0 Å². The van der Waals surface area contributed by atoms with Crippen molar-refractivity contribution in [3.8, 4) is 0 Å². The van der Waals surface area contributed by atoms with Gasteiger partial charge in [0, 0.05) is 29.5 Å². The number of esters is 1. The van der Waals surface area contributed by atoms with E-state index in [2.05, 4.69) is 14.7 Å². The third-order valence-electron chi connectivity index (χ3n) is 6.59. The van der Waals surface area contributed by atoms with E-state index >= 15 is 0 Å². The van der Waals surface area contributed by atoms with E-state index in [1.165, 1.54) is 55.9 Å². The lowest BCUT2D eigenvalue weighted by molar-refractivity contribution is 0.0599. The molecule has 0 saturated heterocycles. The minimum Gasteiger partial charge on any atom is -0.465 e. The molecule has 2 aromatic carbocycles. The summed E-state index contributed by atoms with van der Waals surface area (Å²) in [6.45, 7) is 3.52. The molecule has 0 unspecified atom stereocenters. The highest BCUT2D eigenvalue weighted by Gasteiger charge is 2.21. The molecule has 0 saturated carbocycles. The van der Waals surface area contributed by atoms with Gasteiger partial charge < -0.3 is 14.9 Å². The summed E-state index contributed by atoms with van der Waals surface area (Å²) < 4.78 is 57.3. The zero-order chi connectivity index (χ0) is 31.7. The molecule has 2 aromatic heterocycles. The molecule has 0 fully saturated rings. The summed E-state index contributed by atoms with van der Waals surface area (Å²) in [5, 5.41) is 21.1. The maximum atomic E-state index is 13.2. The van der Waals surface area contributed by atoms with Crippen molar-refractivity contribution in [2.75, 3.05) is 7.11 Å². The van der Waals surface area contributed by atoms with Crippen molar-refractivity contribution in [2.45, 2.75) is 38.9 Å². The number of hydrogen-bond donors (Lipinski definition) is 2. The fourth-order valence-corrected chi connectivity index (χ4v) is 4.61. The number of pyridine rings is 2. The van der Waals surface area contributed by atoms with E-state index in [-0.39, 0.29) is 23.8 Å². The molecule has 0 aliphatic carbocycles. The van der Waals surface area contributed by atoms with Gasteiger partial charge in [-0.2, -0.15) is 0 Å². The van der Waals surface area contributed by atoms with Crippen molar-refractivity contribution in [1.82, 2.24) is 9.97 Å². The van der Waals surface area contributed by atoms with Crippen molar-refractivity contribution in [3.63, 3.8) is 0 Å². The zero-order valence-corrected chi connectivity index (χ0v) is 24.4. The van der Waals surface area contributed by atoms with Crippen LogP contribution in [0.3, 0.4) is 0 Å². The molecule has 0 aliphatic heterocycles. The maximum absolute atomic E-state index is 13.2. The number of carbonyl (C=O) groups is 1. The average molecular weight is 619 g/mol. The molecule has 43 heavy (non-hydrogen) atoms. The van der Waals surface area contributed by atoms with Crippen molar-refractivity contribution < 1.29 is 37.3 Å². The molecule has 4 atom stereocenters. The van der Waals surface area contributed by atoms with Crippen LogP contribution in [0, 0.1) is 35.1 Å². The Morgan fingerprint density at radius 1 is 0.744 bits per heavy atom. The summed E-state index contributed by atoms with van der Waals surface area (Å²) in [5.74, 6) is -3.69. The highest BCUT2D eigenvalue weighted by atomic mass is 35.5. The first-order valence-electron chi connectivity index (χ1n) is 13.3. The molecular formula is C32H31ClF4N2O4. The number of carbonyl (C=O) groups excluding carboxylic acids is 1. The van der Waals surface area contributed by atoms with Crippen LogP contribution >= 0.6 is 11.6 Å². The van der Waals surface area contributed by atoms with Gasteiger partial charge in [0.15, 0.2) is 0 Å². The van der Waals surface area contributed by atoms with E-state index in [0.29, 0.717) is 34.0 Å². The molecule has 228 valence electrons. The fourth-order valence-electron chi connectivity index (χ4n) is 4.45. The number of halogens is 5. The van der Waals surface area contributed by atoms with E-state index in [9.17, 15) is 32.6 Å².